The van der Waals surface area contributed by atoms with Gasteiger partial charge in [-0.05, 0) is 44.5 Å². The van der Waals surface area contributed by atoms with Crippen molar-refractivity contribution in [2.24, 2.45) is 0 Å². The number of hydrogen-bond donors (Lipinski definition) is 0. The van der Waals surface area contributed by atoms with Crippen molar-refractivity contribution in [3.63, 3.8) is 0 Å². The van der Waals surface area contributed by atoms with Crippen LogP contribution in [0.25, 0.3) is 22.0 Å². The number of thioether (sulfide) groups is 1. The zero-order chi connectivity index (χ0) is 28.2. The van der Waals surface area contributed by atoms with Gasteiger partial charge in [-0.1, -0.05) is 6.58 Å². The third-order valence-electron chi connectivity index (χ3n) is 7.41. The van der Waals surface area contributed by atoms with E-state index in [4.69, 9.17) is 4.74 Å². The van der Waals surface area contributed by atoms with E-state index in [-0.39, 0.29) is 30.3 Å². The molecule has 206 valence electrons. The molecule has 39 heavy (non-hydrogen) atoms. The maximum Gasteiger partial charge on any atom is 0.350 e. The second kappa shape index (κ2) is 10.3. The number of carbonyl (C=O) groups excluding carboxylic acids is 1. The Morgan fingerprint density at radius 1 is 1.15 bits per heavy atom. The molecule has 0 bridgehead atoms. The summed E-state index contributed by atoms with van der Waals surface area (Å²) in [5.74, 6) is -2.17. The van der Waals surface area contributed by atoms with Crippen molar-refractivity contribution in [2.45, 2.75) is 50.4 Å². The van der Waals surface area contributed by atoms with Crippen LogP contribution in [0.2, 0.25) is 0 Å². The second-order valence-electron chi connectivity index (χ2n) is 10.1. The van der Waals surface area contributed by atoms with Crippen molar-refractivity contribution in [3.05, 3.63) is 64.4 Å². The molecule has 7 nitrogen and oxygen atoms in total. The molecule has 1 amide bonds. The predicted octanol–water partition coefficient (Wildman–Crippen LogP) is 4.68. The van der Waals surface area contributed by atoms with E-state index in [0.717, 1.165) is 11.6 Å². The van der Waals surface area contributed by atoms with E-state index in [9.17, 15) is 18.4 Å². The van der Waals surface area contributed by atoms with Crippen molar-refractivity contribution in [1.29, 1.82) is 0 Å². The quantitative estimate of drug-likeness (QED) is 0.434. The average Bonchev–Trinajstić information content (AvgIpc) is 3.07. The number of nitrogens with zero attached hydrogens (tertiary/aromatic N) is 4. The van der Waals surface area contributed by atoms with Gasteiger partial charge in [0, 0.05) is 65.5 Å². The van der Waals surface area contributed by atoms with Gasteiger partial charge >= 0.3 is 5.69 Å². The van der Waals surface area contributed by atoms with Crippen molar-refractivity contribution in [1.82, 2.24) is 14.5 Å². The average molecular weight is 559 g/mol. The van der Waals surface area contributed by atoms with E-state index in [1.165, 1.54) is 28.8 Å². The molecule has 1 saturated heterocycles. The Morgan fingerprint density at radius 3 is 2.46 bits per heavy atom. The van der Waals surface area contributed by atoms with Gasteiger partial charge in [-0.2, -0.15) is 4.98 Å². The van der Waals surface area contributed by atoms with Gasteiger partial charge in [-0.25, -0.2) is 18.0 Å². The Labute approximate surface area is 228 Å². The second-order valence-corrected chi connectivity index (χ2v) is 11.2. The van der Waals surface area contributed by atoms with E-state index in [1.54, 1.807) is 11.7 Å². The molecule has 2 aromatic carbocycles. The van der Waals surface area contributed by atoms with Crippen molar-refractivity contribution in [3.8, 4) is 11.1 Å². The van der Waals surface area contributed by atoms with E-state index in [2.05, 4.69) is 11.6 Å². The van der Waals surface area contributed by atoms with Crippen LogP contribution in [0.5, 0.6) is 0 Å². The zero-order valence-corrected chi connectivity index (χ0v) is 22.9. The summed E-state index contributed by atoms with van der Waals surface area (Å²) in [4.78, 5) is 34.5. The van der Waals surface area contributed by atoms with Gasteiger partial charge in [0.05, 0.1) is 18.2 Å². The number of hydrogen-bond acceptors (Lipinski definition) is 6. The number of aryl methyl sites for hydroxylation is 1. The fourth-order valence-corrected chi connectivity index (χ4v) is 7.08. The van der Waals surface area contributed by atoms with Gasteiger partial charge in [0.25, 0.3) is 5.91 Å². The monoisotopic (exact) mass is 558 g/mol. The molecule has 3 atom stereocenters. The Bertz CT molecular complexity index is 1550. The minimum absolute atomic E-state index is 0.243. The van der Waals surface area contributed by atoms with Crippen LogP contribution in [0, 0.1) is 18.6 Å². The smallest absolute Gasteiger partial charge is 0.350 e. The molecular formula is C28H29F3N4O3S. The highest BCUT2D eigenvalue weighted by Gasteiger charge is 2.36. The predicted molar refractivity (Wildman–Crippen MR) is 146 cm³/mol. The lowest BCUT2D eigenvalue weighted by atomic mass is 9.97. The Hall–Kier alpha value is -3.31. The van der Waals surface area contributed by atoms with Gasteiger partial charge in [0.1, 0.15) is 17.5 Å². The summed E-state index contributed by atoms with van der Waals surface area (Å²) < 4.78 is 49.7. The number of ether oxygens (including phenoxy) is 1. The number of benzene rings is 2. The summed E-state index contributed by atoms with van der Waals surface area (Å²) in [7, 11) is 1.58. The van der Waals surface area contributed by atoms with E-state index < -0.39 is 29.1 Å². The first-order valence-electron chi connectivity index (χ1n) is 12.6. The lowest BCUT2D eigenvalue weighted by molar-refractivity contribution is -0.133. The molecule has 11 heteroatoms. The van der Waals surface area contributed by atoms with Gasteiger partial charge < -0.3 is 14.5 Å². The first kappa shape index (κ1) is 27.3. The largest absolute Gasteiger partial charge is 0.379 e. The molecule has 5 rings (SSSR count). The van der Waals surface area contributed by atoms with E-state index in [1.807, 2.05) is 31.7 Å². The van der Waals surface area contributed by atoms with Crippen molar-refractivity contribution in [2.75, 3.05) is 30.9 Å². The highest BCUT2D eigenvalue weighted by Crippen LogP contribution is 2.44. The summed E-state index contributed by atoms with van der Waals surface area (Å²) in [6.45, 7) is 9.54. The number of halogens is 3. The standard InChI is InChI=1S/C28H29F3N4O3S/c1-14-8-21-24-25(23(14)20-7-6-18(30)9-22(20)31)39-13-19(38-5)12-34(24)28(37)32-26(21)33-10-15(2)35(16(3)11-33)27(36)17(4)29/h6-9,15-16,19H,4,10-13H2,1-3,5H3/t15-,16+,19-/m0/s1. The van der Waals surface area contributed by atoms with E-state index in [0.29, 0.717) is 46.0 Å². The van der Waals surface area contributed by atoms with Gasteiger partial charge in [0.15, 0.2) is 5.83 Å². The van der Waals surface area contributed by atoms with E-state index >= 15 is 4.39 Å². The molecule has 0 spiro atoms. The van der Waals surface area contributed by atoms with Crippen LogP contribution in [0.15, 0.2) is 46.4 Å². The zero-order valence-electron chi connectivity index (χ0n) is 22.1. The fourth-order valence-electron chi connectivity index (χ4n) is 5.71. The lowest BCUT2D eigenvalue weighted by Gasteiger charge is -2.44. The third-order valence-corrected chi connectivity index (χ3v) is 8.64. The van der Waals surface area contributed by atoms with Crippen molar-refractivity contribution < 1.29 is 22.7 Å². The molecule has 0 saturated carbocycles. The summed E-state index contributed by atoms with van der Waals surface area (Å²) in [6.07, 6.45) is -0.287. The van der Waals surface area contributed by atoms with Crippen LogP contribution in [0.1, 0.15) is 19.4 Å². The van der Waals surface area contributed by atoms with Crippen LogP contribution >= 0.6 is 11.8 Å². The number of aromatic nitrogens is 2. The molecule has 3 heterocycles. The third kappa shape index (κ3) is 4.71. The van der Waals surface area contributed by atoms with Gasteiger partial charge in [-0.3, -0.25) is 9.36 Å². The summed E-state index contributed by atoms with van der Waals surface area (Å²) in [6, 6.07) is 4.62. The highest BCUT2D eigenvalue weighted by molar-refractivity contribution is 7.99. The Balaban J connectivity index is 1.73. The van der Waals surface area contributed by atoms with Crippen LogP contribution in [0.3, 0.4) is 0 Å². The number of anilines is 1. The molecule has 0 unspecified atom stereocenters. The van der Waals surface area contributed by atoms with Crippen LogP contribution in [-0.4, -0.2) is 64.5 Å². The summed E-state index contributed by atoms with van der Waals surface area (Å²) in [5.41, 5.74) is 1.70. The molecule has 1 aromatic heterocycles. The topological polar surface area (TPSA) is 67.7 Å². The van der Waals surface area contributed by atoms with Crippen LogP contribution < -0.4 is 10.6 Å². The molecule has 2 aliphatic rings. The molecule has 1 fully saturated rings. The van der Waals surface area contributed by atoms with Gasteiger partial charge in [0.2, 0.25) is 0 Å². The molecule has 0 N–H and O–H groups in total. The SMILES string of the molecule is C=C(F)C(=O)N1[C@H](C)CN(c2nc(=O)n3c4c(c(-c5ccc(F)cc5F)c(C)cc24)SC[C@@H](OC)C3)C[C@@H]1C. The molecular weight excluding hydrogens is 529 g/mol. The Kier molecular flexibility index (Phi) is 7.23. The van der Waals surface area contributed by atoms with Crippen LogP contribution in [-0.2, 0) is 16.1 Å². The normalized spacial score (nSPS) is 21.3. The Morgan fingerprint density at radius 2 is 1.85 bits per heavy atom. The first-order valence-corrected chi connectivity index (χ1v) is 13.6. The van der Waals surface area contributed by atoms with Gasteiger partial charge in [-0.15, -0.1) is 11.8 Å². The van der Waals surface area contributed by atoms with Crippen molar-refractivity contribution >= 4 is 34.4 Å². The fraction of sp³-hybridized carbons (Fsp3) is 0.393. The summed E-state index contributed by atoms with van der Waals surface area (Å²) >= 11 is 1.46. The maximum absolute atomic E-state index is 15.1. The number of methoxy groups -OCH3 is 1. The molecule has 0 radical (unpaired) electrons. The minimum Gasteiger partial charge on any atom is -0.379 e. The number of amides is 1. The number of piperazine rings is 1. The minimum atomic E-state index is -1.02. The molecule has 2 aliphatic heterocycles. The number of rotatable bonds is 4. The first-order chi connectivity index (χ1) is 18.5. The lowest BCUT2D eigenvalue weighted by Crippen LogP contribution is -2.59. The van der Waals surface area contributed by atoms with Crippen LogP contribution in [0.4, 0.5) is 19.0 Å². The molecule has 0 aliphatic carbocycles. The number of carbonyl (C=O) groups is 1. The summed E-state index contributed by atoms with van der Waals surface area (Å²) in [5, 5.41) is 0.701. The highest BCUT2D eigenvalue weighted by atomic mass is 32.2. The molecule has 3 aromatic rings. The maximum atomic E-state index is 15.1.